The van der Waals surface area contributed by atoms with Crippen molar-refractivity contribution in [3.63, 3.8) is 0 Å². The Morgan fingerprint density at radius 2 is 1.75 bits per heavy atom. The van der Waals surface area contributed by atoms with Crippen LogP contribution in [0.2, 0.25) is 0 Å². The molecular formula is C9H21NO2. The number of carbonyl (C=O) groups is 1. The van der Waals surface area contributed by atoms with E-state index in [1.54, 1.807) is 0 Å². The largest absolute Gasteiger partial charge is 0.483 e. The molecule has 0 aromatic rings. The van der Waals surface area contributed by atoms with Crippen molar-refractivity contribution in [1.29, 1.82) is 0 Å². The average Bonchev–Trinajstić information content (AvgIpc) is 2.11. The number of nitrogens with two attached hydrogens (primary N) is 1. The van der Waals surface area contributed by atoms with Crippen molar-refractivity contribution < 1.29 is 9.90 Å². The Morgan fingerprint density at radius 1 is 1.33 bits per heavy atom. The molecule has 0 aliphatic carbocycles. The van der Waals surface area contributed by atoms with E-state index < -0.39 is 0 Å². The summed E-state index contributed by atoms with van der Waals surface area (Å²) in [5.74, 6) is 0. The Morgan fingerprint density at radius 3 is 2.00 bits per heavy atom. The van der Waals surface area contributed by atoms with Gasteiger partial charge < -0.3 is 10.8 Å². The molecule has 0 fully saturated rings. The van der Waals surface area contributed by atoms with Crippen molar-refractivity contribution in [3.8, 4) is 0 Å². The van der Waals surface area contributed by atoms with Gasteiger partial charge in [-0.15, -0.1) is 13.2 Å². The van der Waals surface area contributed by atoms with Crippen LogP contribution in [-0.4, -0.2) is 18.1 Å². The van der Waals surface area contributed by atoms with Crippen LogP contribution in [-0.2, 0) is 4.79 Å². The third-order valence-corrected chi connectivity index (χ3v) is 1.06. The monoisotopic (exact) mass is 175 g/mol. The Kier molecular flexibility index (Phi) is 46.1. The molecule has 0 rings (SSSR count). The molecule has 0 unspecified atom stereocenters. The normalized spacial score (nSPS) is 6.83. The van der Waals surface area contributed by atoms with Crippen LogP contribution in [0.25, 0.3) is 0 Å². The predicted molar refractivity (Wildman–Crippen MR) is 53.1 cm³/mol. The van der Waals surface area contributed by atoms with Gasteiger partial charge in [0.1, 0.15) is 0 Å². The third kappa shape index (κ3) is 60.9. The maximum atomic E-state index is 8.36. The van der Waals surface area contributed by atoms with Crippen LogP contribution in [0.4, 0.5) is 0 Å². The summed E-state index contributed by atoms with van der Waals surface area (Å²) in [6.07, 6.45) is 5.16. The van der Waals surface area contributed by atoms with Crippen molar-refractivity contribution in [2.45, 2.75) is 32.6 Å². The Balaban J connectivity index is -0.000000137. The highest BCUT2D eigenvalue weighted by Crippen LogP contribution is 1.95. The van der Waals surface area contributed by atoms with Crippen LogP contribution in [0.5, 0.6) is 0 Å². The number of carboxylic acid groups (broad SMARTS) is 1. The van der Waals surface area contributed by atoms with E-state index in [0.717, 1.165) is 6.54 Å². The van der Waals surface area contributed by atoms with Crippen molar-refractivity contribution in [3.05, 3.63) is 13.2 Å². The lowest BCUT2D eigenvalue weighted by Crippen LogP contribution is -1.97. The molecule has 0 spiro atoms. The first kappa shape index (κ1) is 17.3. The van der Waals surface area contributed by atoms with Gasteiger partial charge in [-0.2, -0.15) is 0 Å². The fourth-order valence-electron chi connectivity index (χ4n) is 0.571. The van der Waals surface area contributed by atoms with E-state index in [1.807, 2.05) is 0 Å². The first-order valence-corrected chi connectivity index (χ1v) is 4.11. The molecule has 0 saturated heterocycles. The molecule has 3 heteroatoms. The Hall–Kier alpha value is -0.830. The summed E-state index contributed by atoms with van der Waals surface area (Å²) < 4.78 is 0. The number of rotatable bonds is 4. The lowest BCUT2D eigenvalue weighted by Gasteiger charge is -1.90. The summed E-state index contributed by atoms with van der Waals surface area (Å²) in [6, 6.07) is 0. The van der Waals surface area contributed by atoms with Gasteiger partial charge in [-0.1, -0.05) is 26.2 Å². The first-order chi connectivity index (χ1) is 5.83. The van der Waals surface area contributed by atoms with Gasteiger partial charge in [0, 0.05) is 0 Å². The van der Waals surface area contributed by atoms with Gasteiger partial charge in [0.25, 0.3) is 6.47 Å². The highest BCUT2D eigenvalue weighted by atomic mass is 16.3. The maximum Gasteiger partial charge on any atom is 0.290 e. The first-order valence-electron chi connectivity index (χ1n) is 4.11. The summed E-state index contributed by atoms with van der Waals surface area (Å²) in [4.78, 5) is 8.36. The second kappa shape index (κ2) is 32.0. The lowest BCUT2D eigenvalue weighted by atomic mass is 10.2. The molecule has 0 bridgehead atoms. The molecule has 0 atom stereocenters. The van der Waals surface area contributed by atoms with Gasteiger partial charge in [-0.3, -0.25) is 4.79 Å². The van der Waals surface area contributed by atoms with E-state index in [4.69, 9.17) is 15.6 Å². The second-order valence-corrected chi connectivity index (χ2v) is 1.95. The van der Waals surface area contributed by atoms with Gasteiger partial charge in [-0.05, 0) is 13.0 Å². The van der Waals surface area contributed by atoms with Crippen LogP contribution in [0.15, 0.2) is 13.2 Å². The van der Waals surface area contributed by atoms with E-state index in [0.29, 0.717) is 0 Å². The molecule has 0 saturated carbocycles. The van der Waals surface area contributed by atoms with E-state index >= 15 is 0 Å². The molecule has 0 radical (unpaired) electrons. The van der Waals surface area contributed by atoms with Crippen molar-refractivity contribution in [2.24, 2.45) is 5.73 Å². The maximum absolute atomic E-state index is 8.36. The molecule has 0 aromatic heterocycles. The van der Waals surface area contributed by atoms with Crippen LogP contribution in [0, 0.1) is 0 Å². The standard InChI is InChI=1S/C6H15N.C2H4.CH2O2/c1-2-3-4-5-6-7;1-2;2-1-3/h2-7H2,1H3;1-2H2;1H,(H,2,3). The predicted octanol–water partition coefficient (Wildman–Crippen LogP) is 2.03. The minimum atomic E-state index is -0.250. The summed E-state index contributed by atoms with van der Waals surface area (Å²) in [5.41, 5.74) is 5.27. The van der Waals surface area contributed by atoms with Crippen molar-refractivity contribution in [2.75, 3.05) is 6.54 Å². The molecule has 3 N–H and O–H groups in total. The fraction of sp³-hybridized carbons (Fsp3) is 0.667. The summed E-state index contributed by atoms with van der Waals surface area (Å²) in [6.45, 7) is 8.82. The van der Waals surface area contributed by atoms with Gasteiger partial charge in [0.2, 0.25) is 0 Å². The highest BCUT2D eigenvalue weighted by molar-refractivity contribution is 5.32. The Labute approximate surface area is 75.3 Å². The topological polar surface area (TPSA) is 63.3 Å². The van der Waals surface area contributed by atoms with Gasteiger partial charge in [-0.25, -0.2) is 0 Å². The molecular weight excluding hydrogens is 154 g/mol. The SMILES string of the molecule is C=C.CCCCCCN.O=CO. The minimum Gasteiger partial charge on any atom is -0.483 e. The average molecular weight is 175 g/mol. The zero-order valence-electron chi connectivity index (χ0n) is 7.96. The molecule has 0 aliphatic rings. The fourth-order valence-corrected chi connectivity index (χ4v) is 0.571. The molecule has 0 aliphatic heterocycles. The molecule has 74 valence electrons. The molecule has 0 aromatic carbocycles. The van der Waals surface area contributed by atoms with Crippen LogP contribution in [0.3, 0.4) is 0 Å². The lowest BCUT2D eigenvalue weighted by molar-refractivity contribution is -0.122. The van der Waals surface area contributed by atoms with E-state index in [1.165, 1.54) is 25.7 Å². The van der Waals surface area contributed by atoms with Crippen molar-refractivity contribution in [1.82, 2.24) is 0 Å². The molecule has 0 amide bonds. The minimum absolute atomic E-state index is 0.250. The Bertz CT molecular complexity index is 63.5. The van der Waals surface area contributed by atoms with Gasteiger partial charge >= 0.3 is 0 Å². The van der Waals surface area contributed by atoms with E-state index in [2.05, 4.69) is 20.1 Å². The number of hydrogen-bond donors (Lipinski definition) is 2. The zero-order chi connectivity index (χ0) is 10.2. The van der Waals surface area contributed by atoms with Crippen LogP contribution >= 0.6 is 0 Å². The van der Waals surface area contributed by atoms with Gasteiger partial charge in [0.05, 0.1) is 0 Å². The zero-order valence-corrected chi connectivity index (χ0v) is 7.96. The third-order valence-electron chi connectivity index (χ3n) is 1.06. The second-order valence-electron chi connectivity index (χ2n) is 1.95. The smallest absolute Gasteiger partial charge is 0.290 e. The van der Waals surface area contributed by atoms with Crippen LogP contribution in [0.1, 0.15) is 32.6 Å². The molecule has 0 heterocycles. The summed E-state index contributed by atoms with van der Waals surface area (Å²) >= 11 is 0. The number of hydrogen-bond acceptors (Lipinski definition) is 2. The van der Waals surface area contributed by atoms with E-state index in [-0.39, 0.29) is 6.47 Å². The molecule has 3 nitrogen and oxygen atoms in total. The van der Waals surface area contributed by atoms with Crippen LogP contribution < -0.4 is 5.73 Å². The van der Waals surface area contributed by atoms with E-state index in [9.17, 15) is 0 Å². The number of unbranched alkanes of at least 4 members (excludes halogenated alkanes) is 3. The van der Waals surface area contributed by atoms with Gasteiger partial charge in [0.15, 0.2) is 0 Å². The quantitative estimate of drug-likeness (QED) is 0.390. The summed E-state index contributed by atoms with van der Waals surface area (Å²) in [7, 11) is 0. The summed E-state index contributed by atoms with van der Waals surface area (Å²) in [5, 5.41) is 6.89. The van der Waals surface area contributed by atoms with Crippen molar-refractivity contribution >= 4 is 6.47 Å². The highest BCUT2D eigenvalue weighted by Gasteiger charge is 1.80. The molecule has 12 heavy (non-hydrogen) atoms.